The number of hydrogen-bond donors (Lipinski definition) is 2. The molecule has 7 heteroatoms. The normalized spacial score (nSPS) is 22.0. The summed E-state index contributed by atoms with van der Waals surface area (Å²) in [7, 11) is 0. The highest BCUT2D eigenvalue weighted by Crippen LogP contribution is 2.26. The summed E-state index contributed by atoms with van der Waals surface area (Å²) in [6, 6.07) is 10.3. The SMILES string of the molecule is N#CC1CC(C(=O)Nc2ccccc2)CN1C(=O)C(=O)NCCC1CCCCC1. The number of hydrogen-bond acceptors (Lipinski definition) is 4. The van der Waals surface area contributed by atoms with E-state index in [-0.39, 0.29) is 18.9 Å². The summed E-state index contributed by atoms with van der Waals surface area (Å²) >= 11 is 0. The van der Waals surface area contributed by atoms with Crippen LogP contribution in [0.2, 0.25) is 0 Å². The Labute approximate surface area is 171 Å². The molecule has 1 saturated carbocycles. The van der Waals surface area contributed by atoms with Gasteiger partial charge in [0.25, 0.3) is 0 Å². The minimum atomic E-state index is -0.766. The smallest absolute Gasteiger partial charge is 0.312 e. The number of carbonyl (C=O) groups is 3. The number of amides is 3. The Morgan fingerprint density at radius 2 is 1.83 bits per heavy atom. The predicted molar refractivity (Wildman–Crippen MR) is 108 cm³/mol. The highest BCUT2D eigenvalue weighted by molar-refractivity contribution is 6.35. The van der Waals surface area contributed by atoms with Crippen LogP contribution in [0.1, 0.15) is 44.9 Å². The second-order valence-corrected chi connectivity index (χ2v) is 7.94. The van der Waals surface area contributed by atoms with Crippen molar-refractivity contribution in [1.29, 1.82) is 5.26 Å². The molecule has 0 bridgehead atoms. The lowest BCUT2D eigenvalue weighted by molar-refractivity contribution is -0.146. The van der Waals surface area contributed by atoms with E-state index in [2.05, 4.69) is 16.7 Å². The molecule has 2 unspecified atom stereocenters. The fourth-order valence-corrected chi connectivity index (χ4v) is 4.21. The Kier molecular flexibility index (Phi) is 7.23. The number of rotatable bonds is 5. The van der Waals surface area contributed by atoms with Gasteiger partial charge in [0.05, 0.1) is 12.0 Å². The first-order valence-corrected chi connectivity index (χ1v) is 10.4. The van der Waals surface area contributed by atoms with Crippen molar-refractivity contribution in [1.82, 2.24) is 10.2 Å². The van der Waals surface area contributed by atoms with Crippen LogP contribution in [0.3, 0.4) is 0 Å². The maximum atomic E-state index is 12.6. The van der Waals surface area contributed by atoms with E-state index in [1.165, 1.54) is 37.0 Å². The molecule has 2 N–H and O–H groups in total. The van der Waals surface area contributed by atoms with Gasteiger partial charge >= 0.3 is 11.8 Å². The minimum Gasteiger partial charge on any atom is -0.348 e. The maximum absolute atomic E-state index is 12.6. The molecule has 3 rings (SSSR count). The molecule has 2 atom stereocenters. The predicted octanol–water partition coefficient (Wildman–Crippen LogP) is 2.45. The van der Waals surface area contributed by atoms with Gasteiger partial charge in [0.2, 0.25) is 5.91 Å². The largest absolute Gasteiger partial charge is 0.348 e. The lowest BCUT2D eigenvalue weighted by Crippen LogP contribution is -2.45. The molecule has 2 aliphatic rings. The number of carbonyl (C=O) groups excluding carboxylic acids is 3. The molecule has 1 aliphatic carbocycles. The lowest BCUT2D eigenvalue weighted by atomic mass is 9.87. The molecule has 29 heavy (non-hydrogen) atoms. The van der Waals surface area contributed by atoms with Gasteiger partial charge in [-0.05, 0) is 30.9 Å². The first-order valence-electron chi connectivity index (χ1n) is 10.4. The van der Waals surface area contributed by atoms with Crippen molar-refractivity contribution in [2.45, 2.75) is 51.0 Å². The molecule has 0 aromatic heterocycles. The number of nitrogens with one attached hydrogen (secondary N) is 2. The van der Waals surface area contributed by atoms with E-state index in [9.17, 15) is 19.6 Å². The van der Waals surface area contributed by atoms with Crippen LogP contribution in [0.15, 0.2) is 30.3 Å². The van der Waals surface area contributed by atoms with Crippen LogP contribution in [0.5, 0.6) is 0 Å². The number of anilines is 1. The Bertz CT molecular complexity index is 768. The molecular formula is C22H28N4O3. The number of nitrogens with zero attached hydrogens (tertiary/aromatic N) is 2. The number of para-hydroxylation sites is 1. The Hall–Kier alpha value is -2.88. The van der Waals surface area contributed by atoms with Gasteiger partial charge in [0, 0.05) is 18.8 Å². The Morgan fingerprint density at radius 1 is 1.10 bits per heavy atom. The van der Waals surface area contributed by atoms with Gasteiger partial charge in [0.1, 0.15) is 6.04 Å². The van der Waals surface area contributed by atoms with Crippen molar-refractivity contribution < 1.29 is 14.4 Å². The van der Waals surface area contributed by atoms with Crippen molar-refractivity contribution >= 4 is 23.4 Å². The monoisotopic (exact) mass is 396 g/mol. The number of likely N-dealkylation sites (tertiary alicyclic amines) is 1. The summed E-state index contributed by atoms with van der Waals surface area (Å²) in [4.78, 5) is 38.6. The number of nitriles is 1. The standard InChI is InChI=1S/C22H28N4O3/c23-14-19-13-17(20(27)25-18-9-5-2-6-10-18)15-26(19)22(29)21(28)24-12-11-16-7-3-1-4-8-16/h2,5-6,9-10,16-17,19H,1,3-4,7-8,11-13,15H2,(H,24,28)(H,25,27). The van der Waals surface area contributed by atoms with E-state index in [1.807, 2.05) is 18.2 Å². The van der Waals surface area contributed by atoms with Crippen LogP contribution >= 0.6 is 0 Å². The highest BCUT2D eigenvalue weighted by Gasteiger charge is 2.40. The summed E-state index contributed by atoms with van der Waals surface area (Å²) in [5.74, 6) is -1.56. The molecule has 1 aromatic rings. The second-order valence-electron chi connectivity index (χ2n) is 7.94. The van der Waals surface area contributed by atoms with E-state index in [0.717, 1.165) is 6.42 Å². The van der Waals surface area contributed by atoms with Crippen LogP contribution < -0.4 is 10.6 Å². The average molecular weight is 396 g/mol. The quantitative estimate of drug-likeness (QED) is 0.746. The van der Waals surface area contributed by atoms with Gasteiger partial charge in [-0.15, -0.1) is 0 Å². The molecule has 1 aliphatic heterocycles. The summed E-state index contributed by atoms with van der Waals surface area (Å²) in [5, 5.41) is 14.9. The Balaban J connectivity index is 1.50. The summed E-state index contributed by atoms with van der Waals surface area (Å²) in [6.45, 7) is 0.546. The van der Waals surface area contributed by atoms with Gasteiger partial charge in [-0.2, -0.15) is 5.26 Å². The molecular weight excluding hydrogens is 368 g/mol. The lowest BCUT2D eigenvalue weighted by Gasteiger charge is -2.22. The van der Waals surface area contributed by atoms with Gasteiger partial charge < -0.3 is 15.5 Å². The van der Waals surface area contributed by atoms with Crippen LogP contribution in [0.4, 0.5) is 5.69 Å². The molecule has 1 saturated heterocycles. The molecule has 7 nitrogen and oxygen atoms in total. The van der Waals surface area contributed by atoms with Gasteiger partial charge in [0.15, 0.2) is 0 Å². The van der Waals surface area contributed by atoms with E-state index >= 15 is 0 Å². The topological polar surface area (TPSA) is 102 Å². The number of benzene rings is 1. The van der Waals surface area contributed by atoms with Crippen LogP contribution in [-0.2, 0) is 14.4 Å². The van der Waals surface area contributed by atoms with Crippen molar-refractivity contribution in [2.75, 3.05) is 18.4 Å². The average Bonchev–Trinajstić information content (AvgIpc) is 3.19. The van der Waals surface area contributed by atoms with Gasteiger partial charge in [-0.25, -0.2) is 0 Å². The zero-order chi connectivity index (χ0) is 20.6. The minimum absolute atomic E-state index is 0.0752. The fourth-order valence-electron chi connectivity index (χ4n) is 4.21. The maximum Gasteiger partial charge on any atom is 0.312 e. The first-order chi connectivity index (χ1) is 14.1. The third-order valence-electron chi connectivity index (χ3n) is 5.88. The van der Waals surface area contributed by atoms with Crippen molar-refractivity contribution in [3.8, 4) is 6.07 Å². The molecule has 3 amide bonds. The zero-order valence-corrected chi connectivity index (χ0v) is 16.6. The second kappa shape index (κ2) is 10.1. The van der Waals surface area contributed by atoms with Crippen LogP contribution in [0, 0.1) is 23.2 Å². The highest BCUT2D eigenvalue weighted by atomic mass is 16.2. The molecule has 0 radical (unpaired) electrons. The third kappa shape index (κ3) is 5.57. The van der Waals surface area contributed by atoms with Crippen LogP contribution in [-0.4, -0.2) is 41.8 Å². The van der Waals surface area contributed by atoms with E-state index in [0.29, 0.717) is 18.2 Å². The first kappa shape index (κ1) is 20.8. The van der Waals surface area contributed by atoms with E-state index in [1.54, 1.807) is 12.1 Å². The molecule has 1 aromatic carbocycles. The summed E-state index contributed by atoms with van der Waals surface area (Å²) < 4.78 is 0. The van der Waals surface area contributed by atoms with Gasteiger partial charge in [-0.3, -0.25) is 14.4 Å². The van der Waals surface area contributed by atoms with Crippen molar-refractivity contribution in [2.24, 2.45) is 11.8 Å². The van der Waals surface area contributed by atoms with Gasteiger partial charge in [-0.1, -0.05) is 50.3 Å². The third-order valence-corrected chi connectivity index (χ3v) is 5.88. The Morgan fingerprint density at radius 3 is 2.52 bits per heavy atom. The molecule has 1 heterocycles. The zero-order valence-electron chi connectivity index (χ0n) is 16.6. The van der Waals surface area contributed by atoms with Crippen molar-refractivity contribution in [3.05, 3.63) is 30.3 Å². The fraction of sp³-hybridized carbons (Fsp3) is 0.545. The van der Waals surface area contributed by atoms with Crippen molar-refractivity contribution in [3.63, 3.8) is 0 Å². The molecule has 0 spiro atoms. The summed E-state index contributed by atoms with van der Waals surface area (Å²) in [6.07, 6.45) is 7.24. The van der Waals surface area contributed by atoms with Crippen LogP contribution in [0.25, 0.3) is 0 Å². The molecule has 2 fully saturated rings. The summed E-state index contributed by atoms with van der Waals surface area (Å²) in [5.41, 5.74) is 0.663. The van der Waals surface area contributed by atoms with E-state index < -0.39 is 23.8 Å². The van der Waals surface area contributed by atoms with E-state index in [4.69, 9.17) is 0 Å². The molecule has 154 valence electrons.